The summed E-state index contributed by atoms with van der Waals surface area (Å²) in [5.74, 6) is 1.91. The van der Waals surface area contributed by atoms with E-state index in [1.165, 1.54) is 0 Å². The lowest BCUT2D eigenvalue weighted by atomic mass is 10.2. The van der Waals surface area contributed by atoms with Gasteiger partial charge in [0.1, 0.15) is 11.5 Å². The molecule has 2 heterocycles. The van der Waals surface area contributed by atoms with Gasteiger partial charge in [0.05, 0.1) is 33.1 Å². The lowest BCUT2D eigenvalue weighted by molar-refractivity contribution is 0.229. The number of methoxy groups -OCH3 is 1. The largest absolute Gasteiger partial charge is 0.497 e. The van der Waals surface area contributed by atoms with Gasteiger partial charge in [-0.15, -0.1) is 0 Å². The number of rotatable bonds is 10. The number of anilines is 1. The fraction of sp³-hybridized carbons (Fsp3) is 0.316. The topological polar surface area (TPSA) is 96.0 Å². The Bertz CT molecular complexity index is 911. The van der Waals surface area contributed by atoms with E-state index >= 15 is 0 Å². The first-order valence-electron chi connectivity index (χ1n) is 8.90. The Morgan fingerprint density at radius 1 is 1.11 bits per heavy atom. The maximum Gasteiger partial charge on any atom is 0.385 e. The van der Waals surface area contributed by atoms with Crippen molar-refractivity contribution in [2.45, 2.75) is 20.4 Å². The Morgan fingerprint density at radius 2 is 1.82 bits per heavy atom. The van der Waals surface area contributed by atoms with Crippen LogP contribution in [0.5, 0.6) is 5.75 Å². The highest BCUT2D eigenvalue weighted by Crippen LogP contribution is 2.49. The molecule has 0 unspecified atom stereocenters. The van der Waals surface area contributed by atoms with Gasteiger partial charge in [-0.2, -0.15) is 4.98 Å². The van der Waals surface area contributed by atoms with Gasteiger partial charge in [0.15, 0.2) is 0 Å². The van der Waals surface area contributed by atoms with Crippen LogP contribution in [0.15, 0.2) is 51.5 Å². The van der Waals surface area contributed by atoms with Crippen molar-refractivity contribution in [2.24, 2.45) is 0 Å². The minimum atomic E-state index is -3.65. The monoisotopic (exact) mass is 406 g/mol. The lowest BCUT2D eigenvalue weighted by Crippen LogP contribution is -2.16. The zero-order chi connectivity index (χ0) is 20.0. The highest BCUT2D eigenvalue weighted by atomic mass is 31.2. The first-order chi connectivity index (χ1) is 13.6. The van der Waals surface area contributed by atoms with E-state index in [1.807, 2.05) is 6.07 Å². The van der Waals surface area contributed by atoms with Crippen molar-refractivity contribution in [2.75, 3.05) is 25.6 Å². The summed E-state index contributed by atoms with van der Waals surface area (Å²) in [6.45, 7) is 4.23. The molecular formula is C19H23N2O6P. The molecule has 1 aromatic carbocycles. The van der Waals surface area contributed by atoms with Crippen LogP contribution < -0.4 is 15.5 Å². The molecule has 150 valence electrons. The lowest BCUT2D eigenvalue weighted by Gasteiger charge is -2.15. The molecule has 1 N–H and O–H groups in total. The van der Waals surface area contributed by atoms with E-state index in [2.05, 4.69) is 10.3 Å². The van der Waals surface area contributed by atoms with Crippen molar-refractivity contribution in [1.29, 1.82) is 0 Å². The van der Waals surface area contributed by atoms with Crippen LogP contribution in [0.4, 0.5) is 5.88 Å². The molecule has 0 bridgehead atoms. The average molecular weight is 406 g/mol. The van der Waals surface area contributed by atoms with Gasteiger partial charge in [-0.1, -0.05) is 0 Å². The fourth-order valence-electron chi connectivity index (χ4n) is 2.55. The van der Waals surface area contributed by atoms with E-state index in [9.17, 15) is 4.57 Å². The SMILES string of the molecule is CCOP(=O)(OCC)c1nc(-c2ccc(OC)cc2)oc1NCc1ccco1. The molecule has 0 fully saturated rings. The highest BCUT2D eigenvalue weighted by molar-refractivity contribution is 7.62. The van der Waals surface area contributed by atoms with Gasteiger partial charge in [-0.25, -0.2) is 0 Å². The van der Waals surface area contributed by atoms with E-state index in [1.54, 1.807) is 57.6 Å². The van der Waals surface area contributed by atoms with Crippen molar-refractivity contribution < 1.29 is 27.2 Å². The van der Waals surface area contributed by atoms with Crippen molar-refractivity contribution in [3.63, 3.8) is 0 Å². The second-order valence-corrected chi connectivity index (χ2v) is 7.60. The predicted molar refractivity (Wildman–Crippen MR) is 105 cm³/mol. The van der Waals surface area contributed by atoms with Gasteiger partial charge in [0, 0.05) is 5.56 Å². The van der Waals surface area contributed by atoms with Crippen LogP contribution in [0.2, 0.25) is 0 Å². The second kappa shape index (κ2) is 9.10. The number of oxazole rings is 1. The molecule has 0 atom stereocenters. The maximum absolute atomic E-state index is 13.3. The summed E-state index contributed by atoms with van der Waals surface area (Å²) in [7, 11) is -2.06. The van der Waals surface area contributed by atoms with E-state index < -0.39 is 7.60 Å². The number of furan rings is 1. The molecular weight excluding hydrogens is 383 g/mol. The number of benzene rings is 1. The van der Waals surface area contributed by atoms with Gasteiger partial charge in [0.25, 0.3) is 0 Å². The van der Waals surface area contributed by atoms with Gasteiger partial charge in [0.2, 0.25) is 17.2 Å². The molecule has 8 nitrogen and oxygen atoms in total. The molecule has 0 aliphatic carbocycles. The highest BCUT2D eigenvalue weighted by Gasteiger charge is 2.35. The molecule has 0 aliphatic heterocycles. The van der Waals surface area contributed by atoms with Crippen LogP contribution in [0.1, 0.15) is 19.6 Å². The third-order valence-corrected chi connectivity index (χ3v) is 5.83. The molecule has 0 saturated carbocycles. The van der Waals surface area contributed by atoms with Gasteiger partial charge >= 0.3 is 7.60 Å². The second-order valence-electron chi connectivity index (χ2n) is 5.67. The van der Waals surface area contributed by atoms with Crippen molar-refractivity contribution in [3.8, 4) is 17.2 Å². The van der Waals surface area contributed by atoms with Gasteiger partial charge in [-0.3, -0.25) is 4.57 Å². The van der Waals surface area contributed by atoms with Crippen LogP contribution >= 0.6 is 7.60 Å². The number of aromatic nitrogens is 1. The van der Waals surface area contributed by atoms with Crippen LogP contribution in [-0.2, 0) is 20.2 Å². The van der Waals surface area contributed by atoms with E-state index in [0.717, 1.165) is 0 Å². The van der Waals surface area contributed by atoms with Crippen LogP contribution in [0, 0.1) is 0 Å². The molecule has 0 aliphatic rings. The van der Waals surface area contributed by atoms with E-state index in [-0.39, 0.29) is 24.5 Å². The summed E-state index contributed by atoms with van der Waals surface area (Å²) in [5, 5.41) is 3.07. The standard InChI is InChI=1S/C19H23N2O6P/c1-4-25-28(22,26-5-2)19-18(20-13-16-7-6-12-24-16)27-17(21-19)14-8-10-15(23-3)11-9-14/h6-12,20H,4-5,13H2,1-3H3. The quantitative estimate of drug-likeness (QED) is 0.494. The third-order valence-electron chi connectivity index (χ3n) is 3.81. The Balaban J connectivity index is 1.98. The Morgan fingerprint density at radius 3 is 2.39 bits per heavy atom. The van der Waals surface area contributed by atoms with Crippen molar-refractivity contribution in [1.82, 2.24) is 4.98 Å². The summed E-state index contributed by atoms with van der Waals surface area (Å²) in [6, 6.07) is 10.8. The molecule has 28 heavy (non-hydrogen) atoms. The number of hydrogen-bond acceptors (Lipinski definition) is 8. The molecule has 9 heteroatoms. The number of nitrogens with zero attached hydrogens (tertiary/aromatic N) is 1. The minimum absolute atomic E-state index is 0.105. The zero-order valence-electron chi connectivity index (χ0n) is 16.0. The molecule has 2 aromatic heterocycles. The molecule has 0 amide bonds. The predicted octanol–water partition coefficient (Wildman–Crippen LogP) is 4.45. The van der Waals surface area contributed by atoms with Crippen LogP contribution in [0.3, 0.4) is 0 Å². The number of ether oxygens (including phenoxy) is 1. The Hall–Kier alpha value is -2.54. The van der Waals surface area contributed by atoms with Crippen molar-refractivity contribution in [3.05, 3.63) is 48.4 Å². The molecule has 0 saturated heterocycles. The first-order valence-corrected chi connectivity index (χ1v) is 10.4. The molecule has 0 spiro atoms. The van der Waals surface area contributed by atoms with Crippen molar-refractivity contribution >= 4 is 18.9 Å². The number of hydrogen-bond donors (Lipinski definition) is 1. The normalized spacial score (nSPS) is 11.5. The fourth-order valence-corrected chi connectivity index (χ4v) is 4.14. The maximum atomic E-state index is 13.3. The third kappa shape index (κ3) is 4.47. The van der Waals surface area contributed by atoms with Gasteiger partial charge in [-0.05, 0) is 50.2 Å². The summed E-state index contributed by atoms with van der Waals surface area (Å²) in [5.41, 5.74) is 0.807. The first kappa shape index (κ1) is 20.2. The number of nitrogens with one attached hydrogen (secondary N) is 1. The molecule has 3 aromatic rings. The van der Waals surface area contributed by atoms with Crippen LogP contribution in [0.25, 0.3) is 11.5 Å². The summed E-state index contributed by atoms with van der Waals surface area (Å²) < 4.78 is 40.6. The summed E-state index contributed by atoms with van der Waals surface area (Å²) in [4.78, 5) is 4.43. The summed E-state index contributed by atoms with van der Waals surface area (Å²) in [6.07, 6.45) is 1.58. The smallest absolute Gasteiger partial charge is 0.385 e. The Labute approximate surface area is 163 Å². The zero-order valence-corrected chi connectivity index (χ0v) is 16.9. The molecule has 3 rings (SSSR count). The average Bonchev–Trinajstić information content (AvgIpc) is 3.37. The summed E-state index contributed by atoms with van der Waals surface area (Å²) >= 11 is 0. The molecule has 0 radical (unpaired) electrons. The Kier molecular flexibility index (Phi) is 6.57. The van der Waals surface area contributed by atoms with E-state index in [4.69, 9.17) is 22.6 Å². The minimum Gasteiger partial charge on any atom is -0.497 e. The van der Waals surface area contributed by atoms with Crippen LogP contribution in [-0.4, -0.2) is 25.3 Å². The van der Waals surface area contributed by atoms with E-state index in [0.29, 0.717) is 29.5 Å². The van der Waals surface area contributed by atoms with Gasteiger partial charge < -0.3 is 27.9 Å².